The van der Waals surface area contributed by atoms with E-state index in [0.717, 1.165) is 36.1 Å². The highest BCUT2D eigenvalue weighted by Gasteiger charge is 2.31. The van der Waals surface area contributed by atoms with E-state index >= 15 is 0 Å². The van der Waals surface area contributed by atoms with Crippen LogP contribution in [0.25, 0.3) is 22.3 Å². The van der Waals surface area contributed by atoms with Gasteiger partial charge in [-0.3, -0.25) is 4.79 Å². The van der Waals surface area contributed by atoms with Gasteiger partial charge in [0.2, 0.25) is 0 Å². The molecule has 1 aliphatic heterocycles. The number of anilines is 1. The fraction of sp³-hybridized carbons (Fsp3) is 0.345. The molecule has 12 heteroatoms. The number of likely N-dealkylation sites (tertiary alicyclic amines) is 1. The van der Waals surface area contributed by atoms with E-state index in [9.17, 15) is 18.4 Å². The maximum absolute atomic E-state index is 13.9. The smallest absolute Gasteiger partial charge is 0.410 e. The monoisotopic (exact) mass is 563 g/mol. The molecular formula is C29H31F2N7O3. The molecule has 3 heterocycles. The Morgan fingerprint density at radius 2 is 1.88 bits per heavy atom. The molecule has 0 spiro atoms. The van der Waals surface area contributed by atoms with Crippen LogP contribution in [0.15, 0.2) is 48.8 Å². The van der Waals surface area contributed by atoms with Gasteiger partial charge in [-0.25, -0.2) is 28.2 Å². The first kappa shape index (κ1) is 27.9. The molecule has 214 valence electrons. The predicted octanol–water partition coefficient (Wildman–Crippen LogP) is 4.86. The molecule has 1 saturated heterocycles. The maximum atomic E-state index is 13.9. The molecule has 0 unspecified atom stereocenters. The van der Waals surface area contributed by atoms with E-state index in [-0.39, 0.29) is 30.1 Å². The number of rotatable bonds is 5. The van der Waals surface area contributed by atoms with Gasteiger partial charge >= 0.3 is 6.09 Å². The molecule has 2 aromatic carbocycles. The zero-order valence-corrected chi connectivity index (χ0v) is 23.0. The lowest BCUT2D eigenvalue weighted by atomic mass is 10.1. The van der Waals surface area contributed by atoms with Gasteiger partial charge < -0.3 is 20.7 Å². The van der Waals surface area contributed by atoms with Crippen LogP contribution in [0.3, 0.4) is 0 Å². The van der Waals surface area contributed by atoms with Gasteiger partial charge in [0.25, 0.3) is 5.91 Å². The third kappa shape index (κ3) is 6.11. The molecule has 3 N–H and O–H groups in total. The Bertz CT molecular complexity index is 1600. The summed E-state index contributed by atoms with van der Waals surface area (Å²) in [6.45, 7) is 6.67. The van der Waals surface area contributed by atoms with Gasteiger partial charge in [-0.2, -0.15) is 5.10 Å². The van der Waals surface area contributed by atoms with Crippen LogP contribution in [0.2, 0.25) is 0 Å². The fourth-order valence-corrected chi connectivity index (χ4v) is 4.83. The van der Waals surface area contributed by atoms with Crippen molar-refractivity contribution in [2.75, 3.05) is 18.8 Å². The van der Waals surface area contributed by atoms with Crippen molar-refractivity contribution in [2.45, 2.75) is 51.8 Å². The van der Waals surface area contributed by atoms with Crippen molar-refractivity contribution in [3.63, 3.8) is 0 Å². The van der Waals surface area contributed by atoms with Crippen LogP contribution < -0.4 is 11.1 Å². The van der Waals surface area contributed by atoms with Crippen molar-refractivity contribution in [2.24, 2.45) is 0 Å². The lowest BCUT2D eigenvalue weighted by Crippen LogP contribution is -2.43. The van der Waals surface area contributed by atoms with E-state index in [1.807, 2.05) is 49.7 Å². The Hall–Kier alpha value is -4.61. The average Bonchev–Trinajstić information content (AvgIpc) is 3.32. The summed E-state index contributed by atoms with van der Waals surface area (Å²) in [6, 6.07) is 9.98. The Balaban J connectivity index is 1.36. The number of halogens is 2. The van der Waals surface area contributed by atoms with Gasteiger partial charge in [0.05, 0.1) is 17.0 Å². The minimum absolute atomic E-state index is 0.136. The van der Waals surface area contributed by atoms with E-state index in [2.05, 4.69) is 15.3 Å². The molecule has 5 rings (SSSR count). The number of nitrogens with two attached hydrogens (primary N) is 1. The van der Waals surface area contributed by atoms with Gasteiger partial charge in [-0.1, -0.05) is 24.3 Å². The van der Waals surface area contributed by atoms with Gasteiger partial charge in [-0.05, 0) is 51.3 Å². The summed E-state index contributed by atoms with van der Waals surface area (Å²) in [4.78, 5) is 35.4. The number of benzene rings is 2. The first-order chi connectivity index (χ1) is 19.5. The third-order valence-electron chi connectivity index (χ3n) is 6.77. The zero-order chi connectivity index (χ0) is 29.3. The SMILES string of the molecule is CC(C)(C)OC(=O)N1CCC[C@@H](n2nc(-c3ccc(CNC(=O)c4ccc(F)cc4F)cc3)c3c(N)ncnc32)C1. The highest BCUT2D eigenvalue weighted by atomic mass is 19.1. The molecule has 0 bridgehead atoms. The molecule has 0 aliphatic carbocycles. The second-order valence-corrected chi connectivity index (χ2v) is 11.0. The first-order valence-corrected chi connectivity index (χ1v) is 13.3. The first-order valence-electron chi connectivity index (χ1n) is 13.3. The van der Waals surface area contributed by atoms with Crippen LogP contribution in [0.1, 0.15) is 55.6 Å². The van der Waals surface area contributed by atoms with Crippen molar-refractivity contribution in [1.29, 1.82) is 0 Å². The molecule has 1 aliphatic rings. The number of carbonyl (C=O) groups excluding carboxylic acids is 2. The summed E-state index contributed by atoms with van der Waals surface area (Å²) in [6.07, 6.45) is 2.61. The summed E-state index contributed by atoms with van der Waals surface area (Å²) >= 11 is 0. The molecule has 0 saturated carbocycles. The van der Waals surface area contributed by atoms with Gasteiger partial charge in [0.15, 0.2) is 5.65 Å². The van der Waals surface area contributed by atoms with Crippen LogP contribution in [0, 0.1) is 11.6 Å². The van der Waals surface area contributed by atoms with Crippen LogP contribution in [0.4, 0.5) is 19.4 Å². The van der Waals surface area contributed by atoms with Crippen LogP contribution in [-0.4, -0.2) is 55.3 Å². The second kappa shape index (κ2) is 11.1. The quantitative estimate of drug-likeness (QED) is 0.355. The number of fused-ring (bicyclic) bond motifs is 1. The van der Waals surface area contributed by atoms with Crippen LogP contribution >= 0.6 is 0 Å². The molecular weight excluding hydrogens is 532 g/mol. The van der Waals surface area contributed by atoms with Crippen molar-refractivity contribution in [1.82, 2.24) is 30.0 Å². The normalized spacial score (nSPS) is 15.6. The lowest BCUT2D eigenvalue weighted by molar-refractivity contribution is 0.0169. The number of amides is 2. The zero-order valence-electron chi connectivity index (χ0n) is 23.0. The highest BCUT2D eigenvalue weighted by Crippen LogP contribution is 2.34. The Morgan fingerprint density at radius 3 is 2.59 bits per heavy atom. The van der Waals surface area contributed by atoms with Crippen LogP contribution in [-0.2, 0) is 11.3 Å². The minimum atomic E-state index is -0.924. The molecule has 10 nitrogen and oxygen atoms in total. The summed E-state index contributed by atoms with van der Waals surface area (Å²) in [5.74, 6) is -2.03. The number of carbonyl (C=O) groups is 2. The third-order valence-corrected chi connectivity index (χ3v) is 6.77. The van der Waals surface area contributed by atoms with Gasteiger partial charge in [0, 0.05) is 31.3 Å². The molecule has 4 aromatic rings. The topological polar surface area (TPSA) is 128 Å². The Kier molecular flexibility index (Phi) is 7.57. The number of ether oxygens (including phenoxy) is 1. The number of hydrogen-bond acceptors (Lipinski definition) is 7. The summed E-state index contributed by atoms with van der Waals surface area (Å²) in [7, 11) is 0. The number of aromatic nitrogens is 4. The van der Waals surface area contributed by atoms with E-state index in [0.29, 0.717) is 35.9 Å². The molecule has 41 heavy (non-hydrogen) atoms. The molecule has 0 radical (unpaired) electrons. The molecule has 2 aromatic heterocycles. The van der Waals surface area contributed by atoms with Crippen molar-refractivity contribution < 1.29 is 23.1 Å². The number of nitrogens with one attached hydrogen (secondary N) is 1. The van der Waals surface area contributed by atoms with E-state index < -0.39 is 23.1 Å². The molecule has 1 fully saturated rings. The Labute approximate surface area is 235 Å². The largest absolute Gasteiger partial charge is 0.444 e. The standard InChI is InChI=1S/C29H31F2N7O3/c1-29(2,3)41-28(40)37-12-4-5-20(15-37)38-26-23(25(32)34-16-35-26)24(36-38)18-8-6-17(7-9-18)14-33-27(39)21-11-10-19(30)13-22(21)31/h6-11,13,16,20H,4-5,12,14-15H2,1-3H3,(H,33,39)(H2,32,34,35)/t20-/m1/s1. The fourth-order valence-electron chi connectivity index (χ4n) is 4.83. The number of piperidine rings is 1. The Morgan fingerprint density at radius 1 is 1.12 bits per heavy atom. The number of nitrogens with zero attached hydrogens (tertiary/aromatic N) is 5. The van der Waals surface area contributed by atoms with E-state index in [1.165, 1.54) is 6.33 Å². The second-order valence-electron chi connectivity index (χ2n) is 11.0. The van der Waals surface area contributed by atoms with Crippen molar-refractivity contribution in [3.8, 4) is 11.3 Å². The lowest BCUT2D eigenvalue weighted by Gasteiger charge is -2.34. The summed E-state index contributed by atoms with van der Waals surface area (Å²) in [5.41, 5.74) is 8.14. The predicted molar refractivity (Wildman–Crippen MR) is 149 cm³/mol. The van der Waals surface area contributed by atoms with E-state index in [1.54, 1.807) is 4.90 Å². The molecule has 1 atom stereocenters. The van der Waals surface area contributed by atoms with E-state index in [4.69, 9.17) is 15.6 Å². The van der Waals surface area contributed by atoms with Gasteiger partial charge in [-0.15, -0.1) is 0 Å². The van der Waals surface area contributed by atoms with Crippen molar-refractivity contribution >= 4 is 28.9 Å². The van der Waals surface area contributed by atoms with Gasteiger partial charge in [0.1, 0.15) is 35.1 Å². The number of hydrogen-bond donors (Lipinski definition) is 2. The van der Waals surface area contributed by atoms with Crippen molar-refractivity contribution in [3.05, 3.63) is 71.6 Å². The minimum Gasteiger partial charge on any atom is -0.444 e. The van der Waals surface area contributed by atoms with Crippen LogP contribution in [0.5, 0.6) is 0 Å². The molecule has 2 amide bonds. The summed E-state index contributed by atoms with van der Waals surface area (Å²) < 4.78 is 34.5. The number of nitrogen functional groups attached to an aromatic ring is 1. The maximum Gasteiger partial charge on any atom is 0.410 e. The average molecular weight is 564 g/mol. The summed E-state index contributed by atoms with van der Waals surface area (Å²) in [5, 5.41) is 8.14. The highest BCUT2D eigenvalue weighted by molar-refractivity contribution is 5.98.